The van der Waals surface area contributed by atoms with Crippen molar-refractivity contribution in [2.24, 2.45) is 5.73 Å². The van der Waals surface area contributed by atoms with Gasteiger partial charge in [-0.2, -0.15) is 0 Å². The highest BCUT2D eigenvalue weighted by Gasteiger charge is 2.25. The summed E-state index contributed by atoms with van der Waals surface area (Å²) in [5.41, 5.74) is 5.13. The predicted octanol–water partition coefficient (Wildman–Crippen LogP) is 2.01. The largest absolute Gasteiger partial charge is 0.508 e. The van der Waals surface area contributed by atoms with Crippen molar-refractivity contribution in [2.75, 3.05) is 0 Å². The third kappa shape index (κ3) is 3.00. The van der Waals surface area contributed by atoms with E-state index in [1.54, 1.807) is 18.2 Å². The maximum Gasteiger partial charge on any atom is 0.120 e. The topological polar surface area (TPSA) is 46.2 Å². The Labute approximate surface area is 83.6 Å². The Morgan fingerprint density at radius 2 is 2.14 bits per heavy atom. The number of hydrogen-bond donors (Lipinski definition) is 2. The minimum Gasteiger partial charge on any atom is -0.508 e. The highest BCUT2D eigenvalue weighted by atomic mass is 19.1. The summed E-state index contributed by atoms with van der Waals surface area (Å²) in [4.78, 5) is 0. The van der Waals surface area contributed by atoms with E-state index in [4.69, 9.17) is 5.73 Å². The van der Waals surface area contributed by atoms with Gasteiger partial charge in [0.05, 0.1) is 0 Å². The second kappa shape index (κ2) is 3.96. The Kier molecular flexibility index (Phi) is 3.11. The summed E-state index contributed by atoms with van der Waals surface area (Å²) in [6, 6.07) is 6.18. The molecule has 0 aliphatic carbocycles. The summed E-state index contributed by atoms with van der Waals surface area (Å²) in [5, 5.41) is 9.19. The number of hydrogen-bond acceptors (Lipinski definition) is 2. The van der Waals surface area contributed by atoms with E-state index in [1.165, 1.54) is 13.8 Å². The average Bonchev–Trinajstić information content (AvgIpc) is 2.02. The van der Waals surface area contributed by atoms with Crippen LogP contribution in [0.1, 0.15) is 19.4 Å². The normalized spacial score (nSPS) is 14.0. The molecule has 0 amide bonds. The van der Waals surface area contributed by atoms with Crippen molar-refractivity contribution in [1.29, 1.82) is 0 Å². The van der Waals surface area contributed by atoms with Crippen molar-refractivity contribution >= 4 is 0 Å². The van der Waals surface area contributed by atoms with Crippen LogP contribution in [-0.2, 0) is 6.42 Å². The van der Waals surface area contributed by atoms with Gasteiger partial charge in [0.1, 0.15) is 11.4 Å². The Bertz CT molecular complexity index is 306. The molecule has 1 aromatic rings. The van der Waals surface area contributed by atoms with Gasteiger partial charge in [-0.3, -0.25) is 0 Å². The first-order valence-corrected chi connectivity index (χ1v) is 4.62. The number of alkyl halides is 1. The van der Waals surface area contributed by atoms with Crippen molar-refractivity contribution in [3.05, 3.63) is 29.8 Å². The van der Waals surface area contributed by atoms with E-state index in [-0.39, 0.29) is 5.75 Å². The molecular weight excluding hydrogens is 181 g/mol. The van der Waals surface area contributed by atoms with E-state index in [9.17, 15) is 9.50 Å². The first kappa shape index (κ1) is 11.0. The fourth-order valence-corrected chi connectivity index (χ4v) is 1.18. The molecule has 0 bridgehead atoms. The Morgan fingerprint density at radius 3 is 2.64 bits per heavy atom. The molecule has 1 aromatic carbocycles. The van der Waals surface area contributed by atoms with Gasteiger partial charge in [-0.25, -0.2) is 4.39 Å². The quantitative estimate of drug-likeness (QED) is 0.778. The molecule has 1 unspecified atom stereocenters. The van der Waals surface area contributed by atoms with Crippen LogP contribution in [0.5, 0.6) is 5.75 Å². The highest BCUT2D eigenvalue weighted by molar-refractivity contribution is 5.27. The maximum atomic E-state index is 13.4. The molecule has 0 heterocycles. The molecule has 0 saturated carbocycles. The molecule has 1 atom stereocenters. The lowest BCUT2D eigenvalue weighted by atomic mass is 9.95. The summed E-state index contributed by atoms with van der Waals surface area (Å²) in [6.45, 7) is 2.92. The average molecular weight is 197 g/mol. The molecule has 0 radical (unpaired) electrons. The first-order chi connectivity index (χ1) is 6.39. The number of phenols is 1. The minimum absolute atomic E-state index is 0.186. The van der Waals surface area contributed by atoms with Crippen molar-refractivity contribution in [2.45, 2.75) is 32.0 Å². The highest BCUT2D eigenvalue weighted by Crippen LogP contribution is 2.18. The van der Waals surface area contributed by atoms with E-state index in [2.05, 4.69) is 0 Å². The van der Waals surface area contributed by atoms with Gasteiger partial charge in [0, 0.05) is 6.04 Å². The molecular formula is C11H16FNO. The molecule has 78 valence electrons. The van der Waals surface area contributed by atoms with Gasteiger partial charge < -0.3 is 10.8 Å². The molecule has 0 aliphatic rings. The molecule has 0 fully saturated rings. The van der Waals surface area contributed by atoms with Gasteiger partial charge in [0.2, 0.25) is 0 Å². The lowest BCUT2D eigenvalue weighted by Gasteiger charge is -2.22. The molecule has 1 rings (SSSR count). The zero-order chi connectivity index (χ0) is 10.8. The van der Waals surface area contributed by atoms with Gasteiger partial charge in [-0.15, -0.1) is 0 Å². The van der Waals surface area contributed by atoms with Gasteiger partial charge in [-0.05, 0) is 38.0 Å². The van der Waals surface area contributed by atoms with Crippen LogP contribution in [-0.4, -0.2) is 16.8 Å². The molecule has 0 saturated heterocycles. The van der Waals surface area contributed by atoms with E-state index in [0.29, 0.717) is 6.42 Å². The predicted molar refractivity (Wildman–Crippen MR) is 55.0 cm³/mol. The minimum atomic E-state index is -1.40. The second-order valence-electron chi connectivity index (χ2n) is 4.04. The van der Waals surface area contributed by atoms with Crippen LogP contribution in [0.15, 0.2) is 24.3 Å². The van der Waals surface area contributed by atoms with Gasteiger partial charge in [0.15, 0.2) is 0 Å². The van der Waals surface area contributed by atoms with E-state index >= 15 is 0 Å². The monoisotopic (exact) mass is 197 g/mol. The van der Waals surface area contributed by atoms with Crippen molar-refractivity contribution in [3.63, 3.8) is 0 Å². The number of nitrogens with two attached hydrogens (primary N) is 1. The van der Waals surface area contributed by atoms with Crippen LogP contribution >= 0.6 is 0 Å². The molecule has 2 nitrogen and oxygen atoms in total. The summed E-state index contributed by atoms with van der Waals surface area (Å²) in [5.74, 6) is 0.186. The molecule has 0 aromatic heterocycles. The molecule has 14 heavy (non-hydrogen) atoms. The summed E-state index contributed by atoms with van der Waals surface area (Å²) in [7, 11) is 0. The van der Waals surface area contributed by atoms with Crippen LogP contribution in [0.25, 0.3) is 0 Å². The number of phenolic OH excluding ortho intramolecular Hbond substituents is 1. The zero-order valence-corrected chi connectivity index (χ0v) is 8.50. The lowest BCUT2D eigenvalue weighted by Crippen LogP contribution is -2.41. The molecule has 3 N–H and O–H groups in total. The number of halogens is 1. The van der Waals surface area contributed by atoms with Crippen molar-refractivity contribution in [3.8, 4) is 5.75 Å². The number of benzene rings is 1. The lowest BCUT2D eigenvalue weighted by molar-refractivity contribution is 0.172. The van der Waals surface area contributed by atoms with Gasteiger partial charge in [-0.1, -0.05) is 12.1 Å². The van der Waals surface area contributed by atoms with Crippen LogP contribution in [0.3, 0.4) is 0 Å². The molecule has 0 aliphatic heterocycles. The van der Waals surface area contributed by atoms with E-state index in [0.717, 1.165) is 5.56 Å². The van der Waals surface area contributed by atoms with Gasteiger partial charge >= 0.3 is 0 Å². The van der Waals surface area contributed by atoms with E-state index < -0.39 is 11.7 Å². The number of rotatable bonds is 3. The molecule has 3 heteroatoms. The summed E-state index contributed by atoms with van der Waals surface area (Å²) in [6.07, 6.45) is 0.428. The van der Waals surface area contributed by atoms with Gasteiger partial charge in [0.25, 0.3) is 0 Å². The number of aromatic hydroxyl groups is 1. The molecule has 0 spiro atoms. The maximum absolute atomic E-state index is 13.4. The smallest absolute Gasteiger partial charge is 0.120 e. The fraction of sp³-hybridized carbons (Fsp3) is 0.455. The SMILES string of the molecule is CC(C)(F)C(N)Cc1cccc(O)c1. The Morgan fingerprint density at radius 1 is 1.50 bits per heavy atom. The zero-order valence-electron chi connectivity index (χ0n) is 8.50. The first-order valence-electron chi connectivity index (χ1n) is 4.62. The van der Waals surface area contributed by atoms with Crippen molar-refractivity contribution in [1.82, 2.24) is 0 Å². The standard InChI is InChI=1S/C11H16FNO/c1-11(2,12)10(13)7-8-4-3-5-9(14)6-8/h3-6,10,14H,7,13H2,1-2H3. The Hall–Kier alpha value is -1.09. The van der Waals surface area contributed by atoms with Crippen LogP contribution < -0.4 is 5.73 Å². The van der Waals surface area contributed by atoms with Crippen molar-refractivity contribution < 1.29 is 9.50 Å². The van der Waals surface area contributed by atoms with Crippen LogP contribution in [0, 0.1) is 0 Å². The Balaban J connectivity index is 2.70. The fourth-order valence-electron chi connectivity index (χ4n) is 1.18. The third-order valence-corrected chi connectivity index (χ3v) is 2.25. The van der Waals surface area contributed by atoms with Crippen LogP contribution in [0.2, 0.25) is 0 Å². The third-order valence-electron chi connectivity index (χ3n) is 2.25. The second-order valence-corrected chi connectivity index (χ2v) is 4.04. The van der Waals surface area contributed by atoms with E-state index in [1.807, 2.05) is 6.07 Å². The summed E-state index contributed by atoms with van der Waals surface area (Å²) < 4.78 is 13.4. The van der Waals surface area contributed by atoms with Crippen LogP contribution in [0.4, 0.5) is 4.39 Å². The summed E-state index contributed by atoms with van der Waals surface area (Å²) >= 11 is 0.